The Morgan fingerprint density at radius 3 is 2.72 bits per heavy atom. The van der Waals surface area contributed by atoms with E-state index in [4.69, 9.17) is 11.6 Å². The number of halogens is 1. The van der Waals surface area contributed by atoms with Gasteiger partial charge in [0.2, 0.25) is 0 Å². The van der Waals surface area contributed by atoms with E-state index in [1.165, 1.54) is 0 Å². The van der Waals surface area contributed by atoms with Crippen molar-refractivity contribution in [1.29, 1.82) is 0 Å². The van der Waals surface area contributed by atoms with Gasteiger partial charge in [-0.2, -0.15) is 0 Å². The number of pyridine rings is 1. The molecule has 0 spiro atoms. The van der Waals surface area contributed by atoms with Crippen molar-refractivity contribution in [3.05, 3.63) is 56.7 Å². The lowest BCUT2D eigenvalue weighted by Gasteiger charge is -2.05. The summed E-state index contributed by atoms with van der Waals surface area (Å²) in [6, 6.07) is 9.97. The second-order valence-electron chi connectivity index (χ2n) is 3.94. The number of rotatable bonds is 1. The number of fused-ring (bicyclic) bond motifs is 3. The Kier molecular flexibility index (Phi) is 2.38. The number of hydrogen-bond donors (Lipinski definition) is 1. The first-order chi connectivity index (χ1) is 8.70. The highest BCUT2D eigenvalue weighted by atomic mass is 35.5. The standard InChI is InChI=1S/C13H7ClN2O2/c14-7-4-5-10-9(6-7)12-8(13(17)15-10)2-1-3-11(12)16-18/h1-6H,(H,15,17). The smallest absolute Gasteiger partial charge is 0.256 e. The molecule has 18 heavy (non-hydrogen) atoms. The molecule has 0 radical (unpaired) electrons. The highest BCUT2D eigenvalue weighted by Gasteiger charge is 2.09. The van der Waals surface area contributed by atoms with Gasteiger partial charge in [-0.05, 0) is 35.5 Å². The summed E-state index contributed by atoms with van der Waals surface area (Å²) in [7, 11) is 0. The van der Waals surface area contributed by atoms with E-state index in [1.54, 1.807) is 36.4 Å². The van der Waals surface area contributed by atoms with Crippen LogP contribution < -0.4 is 5.56 Å². The Morgan fingerprint density at radius 2 is 1.94 bits per heavy atom. The molecule has 4 nitrogen and oxygen atoms in total. The molecular formula is C13H7ClN2O2. The van der Waals surface area contributed by atoms with Crippen molar-refractivity contribution in [2.45, 2.75) is 0 Å². The first kappa shape index (κ1) is 10.9. The summed E-state index contributed by atoms with van der Waals surface area (Å²) in [6.45, 7) is 0. The maximum atomic E-state index is 11.9. The van der Waals surface area contributed by atoms with E-state index >= 15 is 0 Å². The van der Waals surface area contributed by atoms with Crippen LogP contribution in [0.5, 0.6) is 0 Å². The molecule has 3 aromatic rings. The largest absolute Gasteiger partial charge is 0.321 e. The summed E-state index contributed by atoms with van der Waals surface area (Å²) < 4.78 is 0. The van der Waals surface area contributed by atoms with Crippen LogP contribution in [0.2, 0.25) is 5.02 Å². The molecule has 2 aromatic carbocycles. The highest BCUT2D eigenvalue weighted by molar-refractivity contribution is 6.31. The average Bonchev–Trinajstić information content (AvgIpc) is 2.39. The number of nitroso groups, excluding NO2 is 1. The maximum absolute atomic E-state index is 11.9. The van der Waals surface area contributed by atoms with Gasteiger partial charge in [-0.1, -0.05) is 17.7 Å². The first-order valence-corrected chi connectivity index (χ1v) is 5.66. The Morgan fingerprint density at radius 1 is 1.11 bits per heavy atom. The number of nitrogens with one attached hydrogen (secondary N) is 1. The Hall–Kier alpha value is -2.20. The zero-order chi connectivity index (χ0) is 12.7. The SMILES string of the molecule is O=Nc1cccc2c(=O)[nH]c3ccc(Cl)cc3c12. The molecule has 5 heteroatoms. The molecule has 1 aromatic heterocycles. The highest BCUT2D eigenvalue weighted by Crippen LogP contribution is 2.31. The molecule has 0 atom stereocenters. The van der Waals surface area contributed by atoms with Crippen LogP contribution in [0.25, 0.3) is 21.7 Å². The van der Waals surface area contributed by atoms with Gasteiger partial charge in [-0.3, -0.25) is 4.79 Å². The van der Waals surface area contributed by atoms with Crippen LogP contribution in [-0.2, 0) is 0 Å². The van der Waals surface area contributed by atoms with Gasteiger partial charge in [-0.15, -0.1) is 4.91 Å². The Labute approximate surface area is 106 Å². The third-order valence-electron chi connectivity index (χ3n) is 2.88. The normalized spacial score (nSPS) is 10.9. The number of aromatic nitrogens is 1. The van der Waals surface area contributed by atoms with Gasteiger partial charge in [0.1, 0.15) is 5.69 Å². The van der Waals surface area contributed by atoms with E-state index in [0.717, 1.165) is 0 Å². The van der Waals surface area contributed by atoms with E-state index < -0.39 is 0 Å². The molecule has 1 N–H and O–H groups in total. The van der Waals surface area contributed by atoms with Crippen LogP contribution in [0.4, 0.5) is 5.69 Å². The Bertz CT molecular complexity index is 839. The van der Waals surface area contributed by atoms with Crippen molar-refractivity contribution in [2.24, 2.45) is 5.18 Å². The van der Waals surface area contributed by atoms with Crippen molar-refractivity contribution in [1.82, 2.24) is 4.98 Å². The van der Waals surface area contributed by atoms with E-state index in [-0.39, 0.29) is 11.2 Å². The number of aromatic amines is 1. The summed E-state index contributed by atoms with van der Waals surface area (Å²) in [5.74, 6) is 0. The minimum Gasteiger partial charge on any atom is -0.321 e. The van der Waals surface area contributed by atoms with Gasteiger partial charge in [0.15, 0.2) is 0 Å². The number of nitrogens with zero attached hydrogens (tertiary/aromatic N) is 1. The molecule has 88 valence electrons. The lowest BCUT2D eigenvalue weighted by atomic mass is 10.1. The predicted octanol–water partition coefficient (Wildman–Crippen LogP) is 3.73. The van der Waals surface area contributed by atoms with Gasteiger partial charge in [0, 0.05) is 26.7 Å². The maximum Gasteiger partial charge on any atom is 0.256 e. The third kappa shape index (κ3) is 1.50. The fraction of sp³-hybridized carbons (Fsp3) is 0. The van der Waals surface area contributed by atoms with Crippen LogP contribution in [0, 0.1) is 4.91 Å². The van der Waals surface area contributed by atoms with Crippen molar-refractivity contribution < 1.29 is 0 Å². The van der Waals surface area contributed by atoms with Crippen LogP contribution >= 0.6 is 11.6 Å². The summed E-state index contributed by atoms with van der Waals surface area (Å²) in [6.07, 6.45) is 0. The van der Waals surface area contributed by atoms with Gasteiger partial charge >= 0.3 is 0 Å². The lowest BCUT2D eigenvalue weighted by Crippen LogP contribution is -2.06. The quantitative estimate of drug-likeness (QED) is 0.534. The van der Waals surface area contributed by atoms with Gasteiger partial charge < -0.3 is 4.98 Å². The number of benzene rings is 2. The topological polar surface area (TPSA) is 62.3 Å². The zero-order valence-corrected chi connectivity index (χ0v) is 9.86. The zero-order valence-electron chi connectivity index (χ0n) is 9.11. The van der Waals surface area contributed by atoms with Gasteiger partial charge in [-0.25, -0.2) is 0 Å². The van der Waals surface area contributed by atoms with Crippen molar-refractivity contribution in [3.63, 3.8) is 0 Å². The molecule has 3 rings (SSSR count). The first-order valence-electron chi connectivity index (χ1n) is 5.28. The van der Waals surface area contributed by atoms with Crippen molar-refractivity contribution in [3.8, 4) is 0 Å². The molecule has 0 bridgehead atoms. The minimum atomic E-state index is -0.245. The Balaban J connectivity index is 2.69. The molecule has 0 fully saturated rings. The van der Waals surface area contributed by atoms with Crippen molar-refractivity contribution >= 4 is 39.0 Å². The third-order valence-corrected chi connectivity index (χ3v) is 3.12. The molecule has 0 aliphatic carbocycles. The van der Waals surface area contributed by atoms with E-state index in [9.17, 15) is 9.70 Å². The van der Waals surface area contributed by atoms with Crippen molar-refractivity contribution in [2.75, 3.05) is 0 Å². The molecule has 0 saturated carbocycles. The monoisotopic (exact) mass is 258 g/mol. The summed E-state index contributed by atoms with van der Waals surface area (Å²) in [5.41, 5.74) is 0.629. The van der Waals surface area contributed by atoms with E-state index in [0.29, 0.717) is 26.7 Å². The molecule has 0 unspecified atom stereocenters. The summed E-state index contributed by atoms with van der Waals surface area (Å²) in [4.78, 5) is 25.5. The molecule has 0 aliphatic heterocycles. The summed E-state index contributed by atoms with van der Waals surface area (Å²) in [5, 5.41) is 5.20. The summed E-state index contributed by atoms with van der Waals surface area (Å²) >= 11 is 5.95. The number of H-pyrrole nitrogens is 1. The van der Waals surface area contributed by atoms with Gasteiger partial charge in [0.25, 0.3) is 5.56 Å². The second-order valence-corrected chi connectivity index (χ2v) is 4.37. The fourth-order valence-corrected chi connectivity index (χ4v) is 2.28. The molecular weight excluding hydrogens is 252 g/mol. The van der Waals surface area contributed by atoms with E-state index in [2.05, 4.69) is 10.2 Å². The van der Waals surface area contributed by atoms with E-state index in [1.807, 2.05) is 0 Å². The molecule has 1 heterocycles. The molecule has 0 aliphatic rings. The van der Waals surface area contributed by atoms with Gasteiger partial charge in [0.05, 0.1) is 0 Å². The van der Waals surface area contributed by atoms with Crippen LogP contribution in [0.1, 0.15) is 0 Å². The molecule has 0 saturated heterocycles. The molecule has 0 amide bonds. The van der Waals surface area contributed by atoms with Crippen LogP contribution in [0.3, 0.4) is 0 Å². The lowest BCUT2D eigenvalue weighted by molar-refractivity contribution is 1.34. The predicted molar refractivity (Wildman–Crippen MR) is 72.5 cm³/mol. The number of hydrogen-bond acceptors (Lipinski definition) is 3. The minimum absolute atomic E-state index is 0.242. The van der Waals surface area contributed by atoms with Crippen LogP contribution in [0.15, 0.2) is 46.4 Å². The average molecular weight is 259 g/mol. The second kappa shape index (κ2) is 3.92. The van der Waals surface area contributed by atoms with Crippen LogP contribution in [-0.4, -0.2) is 4.98 Å². The fourth-order valence-electron chi connectivity index (χ4n) is 2.11.